The molecule has 0 heterocycles. The van der Waals surface area contributed by atoms with Gasteiger partial charge in [-0.1, -0.05) is 27.5 Å². The van der Waals surface area contributed by atoms with Gasteiger partial charge < -0.3 is 10.8 Å². The number of hydrogen-bond donors (Lipinski definition) is 2. The third kappa shape index (κ3) is 2.68. The molecule has 0 fully saturated rings. The van der Waals surface area contributed by atoms with Crippen molar-refractivity contribution in [3.63, 3.8) is 0 Å². The van der Waals surface area contributed by atoms with Crippen LogP contribution in [-0.4, -0.2) is 17.6 Å². The molecule has 0 radical (unpaired) electrons. The Morgan fingerprint density at radius 2 is 2.27 bits per heavy atom. The lowest BCUT2D eigenvalue weighted by Crippen LogP contribution is -2.21. The van der Waals surface area contributed by atoms with Crippen LogP contribution >= 0.6 is 27.5 Å². The third-order valence-corrected chi connectivity index (χ3v) is 2.79. The van der Waals surface area contributed by atoms with Crippen molar-refractivity contribution in [2.75, 3.05) is 6.54 Å². The summed E-state index contributed by atoms with van der Waals surface area (Å²) >= 11 is 8.73. The van der Waals surface area contributed by atoms with Gasteiger partial charge in [0, 0.05) is 11.0 Å². The van der Waals surface area contributed by atoms with Gasteiger partial charge in [0.2, 0.25) is 0 Å². The molecule has 1 rings (SSSR count). The second kappa shape index (κ2) is 4.92. The molecule has 0 saturated carbocycles. The van der Waals surface area contributed by atoms with E-state index < -0.39 is 17.7 Å². The van der Waals surface area contributed by atoms with Crippen LogP contribution in [0, 0.1) is 5.82 Å². The number of carbonyl (C=O) groups is 1. The average molecular weight is 297 g/mol. The minimum Gasteiger partial charge on any atom is -0.481 e. The molecule has 0 aliphatic heterocycles. The lowest BCUT2D eigenvalue weighted by molar-refractivity contribution is -0.138. The molecule has 0 amide bonds. The molecule has 1 atom stereocenters. The molecule has 6 heteroatoms. The maximum atomic E-state index is 13.2. The topological polar surface area (TPSA) is 63.3 Å². The van der Waals surface area contributed by atoms with Gasteiger partial charge in [-0.3, -0.25) is 4.79 Å². The van der Waals surface area contributed by atoms with Crippen LogP contribution in [0.1, 0.15) is 11.5 Å². The smallest absolute Gasteiger partial charge is 0.312 e. The summed E-state index contributed by atoms with van der Waals surface area (Å²) in [5, 5.41) is 8.66. The van der Waals surface area contributed by atoms with Crippen molar-refractivity contribution >= 4 is 33.5 Å². The summed E-state index contributed by atoms with van der Waals surface area (Å²) in [7, 11) is 0. The van der Waals surface area contributed by atoms with E-state index in [1.54, 1.807) is 0 Å². The fourth-order valence-corrected chi connectivity index (χ4v) is 1.88. The Morgan fingerprint density at radius 3 is 2.73 bits per heavy atom. The number of benzene rings is 1. The van der Waals surface area contributed by atoms with E-state index in [0.717, 1.165) is 0 Å². The summed E-state index contributed by atoms with van der Waals surface area (Å²) in [6.07, 6.45) is 0. The van der Waals surface area contributed by atoms with Crippen molar-refractivity contribution in [3.05, 3.63) is 33.0 Å². The summed E-state index contributed by atoms with van der Waals surface area (Å²) in [6.45, 7) is -0.134. The highest BCUT2D eigenvalue weighted by Crippen LogP contribution is 2.30. The number of rotatable bonds is 3. The van der Waals surface area contributed by atoms with Gasteiger partial charge in [-0.15, -0.1) is 0 Å². The standard InChI is InChI=1S/C9H8BrClFNO2/c10-4-1-5(6(3-13)9(14)15)8(11)7(12)2-4/h1-2,6H,3,13H2,(H,14,15). The molecular weight excluding hydrogens is 288 g/mol. The van der Waals surface area contributed by atoms with Crippen LogP contribution in [0.4, 0.5) is 4.39 Å². The van der Waals surface area contributed by atoms with Crippen LogP contribution in [0.15, 0.2) is 16.6 Å². The average Bonchev–Trinajstić information content (AvgIpc) is 2.13. The van der Waals surface area contributed by atoms with Gasteiger partial charge in [-0.25, -0.2) is 4.39 Å². The van der Waals surface area contributed by atoms with E-state index in [1.165, 1.54) is 12.1 Å². The fraction of sp³-hybridized carbons (Fsp3) is 0.222. The van der Waals surface area contributed by atoms with E-state index in [9.17, 15) is 9.18 Å². The molecule has 0 aliphatic rings. The molecule has 3 N–H and O–H groups in total. The summed E-state index contributed by atoms with van der Waals surface area (Å²) in [5.41, 5.74) is 5.48. The second-order valence-electron chi connectivity index (χ2n) is 2.92. The van der Waals surface area contributed by atoms with Gasteiger partial charge >= 0.3 is 5.97 Å². The lowest BCUT2D eigenvalue weighted by Gasteiger charge is -2.12. The molecule has 3 nitrogen and oxygen atoms in total. The summed E-state index contributed by atoms with van der Waals surface area (Å²) < 4.78 is 13.6. The number of aliphatic carboxylic acids is 1. The molecule has 82 valence electrons. The molecule has 15 heavy (non-hydrogen) atoms. The lowest BCUT2D eigenvalue weighted by atomic mass is 9.99. The van der Waals surface area contributed by atoms with E-state index >= 15 is 0 Å². The summed E-state index contributed by atoms with van der Waals surface area (Å²) in [6, 6.07) is 2.62. The SMILES string of the molecule is NCC(C(=O)O)c1cc(Br)cc(F)c1Cl. The Morgan fingerprint density at radius 1 is 1.67 bits per heavy atom. The molecule has 0 bridgehead atoms. The first kappa shape index (κ1) is 12.4. The Labute approximate surface area is 99.2 Å². The normalized spacial score (nSPS) is 12.5. The minimum atomic E-state index is -1.13. The predicted molar refractivity (Wildman–Crippen MR) is 58.5 cm³/mol. The van der Waals surface area contributed by atoms with E-state index in [2.05, 4.69) is 15.9 Å². The number of halogens is 3. The maximum absolute atomic E-state index is 13.2. The van der Waals surface area contributed by atoms with Crippen molar-refractivity contribution in [3.8, 4) is 0 Å². The molecular formula is C9H8BrClFNO2. The van der Waals surface area contributed by atoms with Crippen LogP contribution in [0.2, 0.25) is 5.02 Å². The number of nitrogens with two attached hydrogens (primary N) is 1. The van der Waals surface area contributed by atoms with Crippen molar-refractivity contribution in [1.29, 1.82) is 0 Å². The van der Waals surface area contributed by atoms with Crippen molar-refractivity contribution < 1.29 is 14.3 Å². The zero-order chi connectivity index (χ0) is 11.6. The van der Waals surface area contributed by atoms with E-state index in [0.29, 0.717) is 4.47 Å². The molecule has 1 aromatic rings. The monoisotopic (exact) mass is 295 g/mol. The van der Waals surface area contributed by atoms with Crippen LogP contribution in [0.3, 0.4) is 0 Å². The van der Waals surface area contributed by atoms with Gasteiger partial charge in [-0.2, -0.15) is 0 Å². The molecule has 0 spiro atoms. The first-order valence-corrected chi connectivity index (χ1v) is 5.21. The van der Waals surface area contributed by atoms with Gasteiger partial charge in [0.15, 0.2) is 0 Å². The highest BCUT2D eigenvalue weighted by atomic mass is 79.9. The molecule has 1 unspecified atom stereocenters. The van der Waals surface area contributed by atoms with E-state index in [4.69, 9.17) is 22.4 Å². The first-order valence-electron chi connectivity index (χ1n) is 4.04. The number of hydrogen-bond acceptors (Lipinski definition) is 2. The van der Waals surface area contributed by atoms with Crippen LogP contribution in [0.25, 0.3) is 0 Å². The van der Waals surface area contributed by atoms with Crippen LogP contribution in [-0.2, 0) is 4.79 Å². The molecule has 0 aliphatic carbocycles. The van der Waals surface area contributed by atoms with Crippen molar-refractivity contribution in [2.24, 2.45) is 5.73 Å². The number of carboxylic acid groups (broad SMARTS) is 1. The Hall–Kier alpha value is -0.650. The predicted octanol–water partition coefficient (Wildman–Crippen LogP) is 2.37. The van der Waals surface area contributed by atoms with Crippen molar-refractivity contribution in [2.45, 2.75) is 5.92 Å². The Balaban J connectivity index is 3.28. The second-order valence-corrected chi connectivity index (χ2v) is 4.21. The molecule has 1 aromatic carbocycles. The third-order valence-electron chi connectivity index (χ3n) is 1.93. The van der Waals surface area contributed by atoms with Gasteiger partial charge in [-0.05, 0) is 17.7 Å². The first-order chi connectivity index (χ1) is 6.97. The van der Waals surface area contributed by atoms with Gasteiger partial charge in [0.25, 0.3) is 0 Å². The number of carboxylic acids is 1. The zero-order valence-corrected chi connectivity index (χ0v) is 9.85. The molecule has 0 aromatic heterocycles. The summed E-state index contributed by atoms with van der Waals surface area (Å²) in [4.78, 5) is 10.8. The maximum Gasteiger partial charge on any atom is 0.312 e. The van der Waals surface area contributed by atoms with Gasteiger partial charge in [0.05, 0.1) is 10.9 Å². The van der Waals surface area contributed by atoms with Crippen LogP contribution < -0.4 is 5.73 Å². The van der Waals surface area contributed by atoms with Crippen molar-refractivity contribution in [1.82, 2.24) is 0 Å². The minimum absolute atomic E-state index is 0.134. The van der Waals surface area contributed by atoms with E-state index in [1.807, 2.05) is 0 Å². The van der Waals surface area contributed by atoms with E-state index in [-0.39, 0.29) is 17.1 Å². The van der Waals surface area contributed by atoms with Gasteiger partial charge in [0.1, 0.15) is 5.82 Å². The Bertz CT molecular complexity index is 400. The quantitative estimate of drug-likeness (QED) is 0.842. The largest absolute Gasteiger partial charge is 0.481 e. The van der Waals surface area contributed by atoms with Crippen LogP contribution in [0.5, 0.6) is 0 Å². The molecule has 0 saturated heterocycles. The summed E-state index contributed by atoms with van der Waals surface area (Å²) in [5.74, 6) is -2.79. The zero-order valence-electron chi connectivity index (χ0n) is 7.51. The fourth-order valence-electron chi connectivity index (χ4n) is 1.19. The Kier molecular flexibility index (Phi) is 4.07. The highest BCUT2D eigenvalue weighted by molar-refractivity contribution is 9.10. The highest BCUT2D eigenvalue weighted by Gasteiger charge is 2.22.